The van der Waals surface area contributed by atoms with Gasteiger partial charge in [0.15, 0.2) is 0 Å². The third-order valence-electron chi connectivity index (χ3n) is 19.9. The van der Waals surface area contributed by atoms with Crippen molar-refractivity contribution in [2.45, 2.75) is 96.7 Å². The third-order valence-corrected chi connectivity index (χ3v) is 19.9. The number of carboxylic acid groups (broad SMARTS) is 2. The van der Waals surface area contributed by atoms with Crippen LogP contribution >= 0.6 is 0 Å². The Hall–Kier alpha value is -10.2. The van der Waals surface area contributed by atoms with E-state index in [-0.39, 0.29) is 17.5 Å². The zero-order valence-electron chi connectivity index (χ0n) is 57.7. The van der Waals surface area contributed by atoms with E-state index in [2.05, 4.69) is 134 Å². The van der Waals surface area contributed by atoms with Crippen molar-refractivity contribution in [3.63, 3.8) is 0 Å². The first-order valence-corrected chi connectivity index (χ1v) is 35.8. The average Bonchev–Trinajstić information content (AvgIpc) is 1.66. The topological polar surface area (TPSA) is 176 Å². The maximum Gasteiger partial charge on any atom is 0.414 e. The molecule has 3 aliphatic heterocycles. The summed E-state index contributed by atoms with van der Waals surface area (Å²) in [7, 11) is 0. The number of benzene rings is 6. The van der Waals surface area contributed by atoms with E-state index in [1.807, 2.05) is 91.4 Å². The van der Waals surface area contributed by atoms with Crippen molar-refractivity contribution in [3.05, 3.63) is 287 Å². The largest absolute Gasteiger partial charge is 0.473 e. The molecule has 16 nitrogen and oxygen atoms in total. The molecule has 6 aromatic carbocycles. The van der Waals surface area contributed by atoms with Crippen LogP contribution in [0.4, 0.5) is 13.2 Å². The molecule has 19 heteroatoms. The first-order chi connectivity index (χ1) is 49.9. The van der Waals surface area contributed by atoms with Crippen LogP contribution < -0.4 is 0 Å². The minimum Gasteiger partial charge on any atom is -0.473 e. The summed E-state index contributed by atoms with van der Waals surface area (Å²) >= 11 is 0. The third kappa shape index (κ3) is 20.5. The lowest BCUT2D eigenvalue weighted by atomic mass is 9.93. The predicted octanol–water partition coefficient (Wildman–Crippen LogP) is 14.5. The van der Waals surface area contributed by atoms with E-state index in [9.17, 15) is 13.2 Å². The smallest absolute Gasteiger partial charge is 0.414 e. The van der Waals surface area contributed by atoms with Crippen LogP contribution in [-0.4, -0.2) is 139 Å². The second kappa shape index (κ2) is 35.9. The second-order valence-corrected chi connectivity index (χ2v) is 27.0. The summed E-state index contributed by atoms with van der Waals surface area (Å²) in [5, 5.41) is 14.8. The summed E-state index contributed by atoms with van der Waals surface area (Å²) in [6.07, 6.45) is 18.8. The van der Waals surface area contributed by atoms with Gasteiger partial charge in [0, 0.05) is 113 Å². The molecule has 0 atom stereocenters. The number of hydrogen-bond donors (Lipinski definition) is 2. The highest BCUT2D eigenvalue weighted by atomic mass is 19.1. The lowest BCUT2D eigenvalue weighted by Gasteiger charge is -2.31. The number of pyridine rings is 3. The van der Waals surface area contributed by atoms with Gasteiger partial charge in [-0.2, -0.15) is 0 Å². The number of hydrogen-bond acceptors (Lipinski definition) is 11. The summed E-state index contributed by atoms with van der Waals surface area (Å²) in [5.74, 6) is 1.12. The number of nitrogens with zero attached hydrogens (tertiary/aromatic N) is 12. The molecule has 9 heterocycles. The average molecular weight is 1380 g/mol. The van der Waals surface area contributed by atoms with Gasteiger partial charge in [-0.05, 0) is 221 Å². The highest BCUT2D eigenvalue weighted by Crippen LogP contribution is 2.30. The van der Waals surface area contributed by atoms with Crippen LogP contribution in [0.3, 0.4) is 0 Å². The van der Waals surface area contributed by atoms with E-state index < -0.39 is 11.9 Å². The number of halogens is 3. The molecule has 2 N–H and O–H groups in total. The minimum atomic E-state index is -1.82. The van der Waals surface area contributed by atoms with E-state index in [4.69, 9.17) is 34.8 Å². The van der Waals surface area contributed by atoms with Gasteiger partial charge < -0.3 is 38.6 Å². The van der Waals surface area contributed by atoms with Crippen molar-refractivity contribution < 1.29 is 33.0 Å². The molecule has 3 fully saturated rings. The van der Waals surface area contributed by atoms with E-state index in [0.717, 1.165) is 184 Å². The Morgan fingerprint density at radius 3 is 0.843 bits per heavy atom. The zero-order valence-corrected chi connectivity index (χ0v) is 57.7. The molecule has 0 bridgehead atoms. The van der Waals surface area contributed by atoms with Crippen LogP contribution in [0.25, 0.3) is 33.1 Å². The van der Waals surface area contributed by atoms with Gasteiger partial charge in [0.2, 0.25) is 0 Å². The van der Waals surface area contributed by atoms with Crippen molar-refractivity contribution in [3.8, 4) is 0 Å². The van der Waals surface area contributed by atoms with Gasteiger partial charge in [-0.1, -0.05) is 91.0 Å². The number of aliphatic carboxylic acids is 2. The van der Waals surface area contributed by atoms with Gasteiger partial charge in [0.25, 0.3) is 0 Å². The Labute approximate surface area is 594 Å². The molecule has 0 amide bonds. The van der Waals surface area contributed by atoms with Crippen molar-refractivity contribution >= 4 is 45.0 Å². The second-order valence-electron chi connectivity index (χ2n) is 27.0. The Bertz CT molecular complexity index is 4120. The van der Waals surface area contributed by atoms with Crippen molar-refractivity contribution in [1.29, 1.82) is 0 Å². The van der Waals surface area contributed by atoms with Gasteiger partial charge in [0.05, 0.1) is 33.1 Å². The summed E-state index contributed by atoms with van der Waals surface area (Å²) in [5.41, 5.74) is 13.4. The fourth-order valence-electron chi connectivity index (χ4n) is 14.2. The van der Waals surface area contributed by atoms with Gasteiger partial charge >= 0.3 is 11.9 Å². The van der Waals surface area contributed by atoms with Crippen molar-refractivity contribution in [2.24, 2.45) is 17.8 Å². The number of rotatable bonds is 21. The number of imidazole rings is 3. The predicted molar refractivity (Wildman–Crippen MR) is 393 cm³/mol. The Morgan fingerprint density at radius 2 is 0.598 bits per heavy atom. The maximum absolute atomic E-state index is 13.4. The number of fused-ring (bicyclic) bond motifs is 3. The number of carbonyl (C=O) groups is 2. The van der Waals surface area contributed by atoms with Gasteiger partial charge in [-0.25, -0.2) is 37.7 Å². The summed E-state index contributed by atoms with van der Waals surface area (Å²) in [6, 6.07) is 63.8. The molecule has 0 aliphatic carbocycles. The molecular formula is C83H89F3N12O4. The van der Waals surface area contributed by atoms with Crippen molar-refractivity contribution in [2.75, 3.05) is 58.9 Å². The van der Waals surface area contributed by atoms with E-state index >= 15 is 0 Å². The van der Waals surface area contributed by atoms with Crippen LogP contribution in [0.5, 0.6) is 0 Å². The molecule has 0 radical (unpaired) electrons. The fraction of sp³-hybridized carbons (Fsp3) is 0.325. The highest BCUT2D eigenvalue weighted by molar-refractivity contribution is 6.27. The van der Waals surface area contributed by atoms with Crippen molar-refractivity contribution in [1.82, 2.24) is 58.3 Å². The summed E-state index contributed by atoms with van der Waals surface area (Å²) < 4.78 is 47.0. The lowest BCUT2D eigenvalue weighted by molar-refractivity contribution is -0.159. The first kappa shape index (κ1) is 71.6. The van der Waals surface area contributed by atoms with E-state index in [1.54, 1.807) is 0 Å². The molecule has 0 unspecified atom stereocenters. The van der Waals surface area contributed by atoms with Crippen LogP contribution in [-0.2, 0) is 67.7 Å². The molecule has 6 aromatic heterocycles. The van der Waals surface area contributed by atoms with Crippen LogP contribution in [0.2, 0.25) is 0 Å². The van der Waals surface area contributed by atoms with Gasteiger partial charge in [-0.15, -0.1) is 0 Å². The molecule has 15 rings (SSSR count). The fourth-order valence-corrected chi connectivity index (χ4v) is 14.2. The number of likely N-dealkylation sites (tertiary alicyclic amines) is 3. The summed E-state index contributed by atoms with van der Waals surface area (Å²) in [4.78, 5) is 54.2. The monoisotopic (exact) mass is 1370 g/mol. The Balaban J connectivity index is 0.000000139. The van der Waals surface area contributed by atoms with Gasteiger partial charge in [-0.3, -0.25) is 15.0 Å². The van der Waals surface area contributed by atoms with E-state index in [0.29, 0.717) is 17.8 Å². The molecule has 526 valence electrons. The molecule has 3 aliphatic rings. The lowest BCUT2D eigenvalue weighted by Crippen LogP contribution is -2.36. The molecular weight excluding hydrogens is 1290 g/mol. The number of aromatic nitrogens is 9. The molecule has 102 heavy (non-hydrogen) atoms. The minimum absolute atomic E-state index is 0.195. The molecule has 0 saturated carbocycles. The van der Waals surface area contributed by atoms with Crippen LogP contribution in [0, 0.1) is 35.2 Å². The number of para-hydroxylation sites is 6. The Kier molecular flexibility index (Phi) is 25.2. The number of carboxylic acids is 2. The summed E-state index contributed by atoms with van der Waals surface area (Å²) in [6.45, 7) is 12.2. The zero-order chi connectivity index (χ0) is 70.4. The first-order valence-electron chi connectivity index (χ1n) is 35.8. The van der Waals surface area contributed by atoms with Crippen LogP contribution in [0.15, 0.2) is 219 Å². The van der Waals surface area contributed by atoms with Crippen LogP contribution in [0.1, 0.15) is 89.8 Å². The standard InChI is InChI=1S/3C27H29FN4.C2H2O4/c3*28-23-10-8-22(9-11-23)20-32-26-7-2-1-6-25(26)30-27(32)19-21-12-16-31(17-13-21)18-14-24-5-3-4-15-29-24;3-1(4)2(5)6/h3*1-11,15,21H,12-14,16-20H2;(H,3,4)(H,5,6). The maximum atomic E-state index is 13.4. The normalized spacial score (nSPS) is 14.9. The molecule has 0 spiro atoms. The SMILES string of the molecule is Fc1ccc(Cn2c(CC3CCN(CCc4ccccn4)CC3)nc3ccccc32)cc1.Fc1ccc(Cn2c(CC3CCN(CCc4ccccn4)CC3)nc3ccccc32)cc1.Fc1ccc(Cn2c(CC3CCN(CCc4ccccn4)CC3)nc3ccccc32)cc1.O=C(O)C(=O)O. The molecule has 3 saturated heterocycles. The quantitative estimate of drug-likeness (QED) is 0.0651. The molecule has 12 aromatic rings. The van der Waals surface area contributed by atoms with Gasteiger partial charge in [0.1, 0.15) is 34.9 Å². The number of piperidine rings is 3. The van der Waals surface area contributed by atoms with E-state index in [1.165, 1.54) is 92.0 Å². The Morgan fingerprint density at radius 1 is 0.343 bits per heavy atom. The highest BCUT2D eigenvalue weighted by Gasteiger charge is 2.26.